The fourth-order valence-corrected chi connectivity index (χ4v) is 3.03. The zero-order valence-corrected chi connectivity index (χ0v) is 12.7. The van der Waals surface area contributed by atoms with Crippen LogP contribution in [0.2, 0.25) is 0 Å². The summed E-state index contributed by atoms with van der Waals surface area (Å²) in [6, 6.07) is 2.52. The van der Waals surface area contributed by atoms with Crippen molar-refractivity contribution in [3.05, 3.63) is 18.0 Å². The maximum atomic E-state index is 4.50. The lowest BCUT2D eigenvalue weighted by Gasteiger charge is -2.45. The Morgan fingerprint density at radius 1 is 1.39 bits per heavy atom. The number of hydrogen-bond donors (Lipinski definition) is 1. The standard InChI is InChI=1S/C14H28N4/c1-7-14(8-2,17(4)5)13(15-3)11-12-9-10-18(6)16-12/h9-10,13,15H,7-8,11H2,1-6H3. The van der Waals surface area contributed by atoms with Crippen LogP contribution in [0.25, 0.3) is 0 Å². The summed E-state index contributed by atoms with van der Waals surface area (Å²) in [5, 5.41) is 7.99. The zero-order valence-electron chi connectivity index (χ0n) is 12.7. The smallest absolute Gasteiger partial charge is 0.0640 e. The molecule has 18 heavy (non-hydrogen) atoms. The van der Waals surface area contributed by atoms with Crippen LogP contribution in [0.1, 0.15) is 32.4 Å². The zero-order chi connectivity index (χ0) is 13.8. The number of nitrogens with zero attached hydrogens (tertiary/aromatic N) is 3. The van der Waals surface area contributed by atoms with E-state index < -0.39 is 0 Å². The van der Waals surface area contributed by atoms with Crippen molar-refractivity contribution in [2.75, 3.05) is 21.1 Å². The van der Waals surface area contributed by atoms with Gasteiger partial charge in [-0.1, -0.05) is 13.8 Å². The average Bonchev–Trinajstić information content (AvgIpc) is 2.75. The topological polar surface area (TPSA) is 33.1 Å². The van der Waals surface area contributed by atoms with Gasteiger partial charge in [-0.2, -0.15) is 5.10 Å². The Hall–Kier alpha value is -0.870. The van der Waals surface area contributed by atoms with Crippen molar-refractivity contribution in [1.82, 2.24) is 20.0 Å². The molecule has 0 amide bonds. The molecule has 1 aromatic rings. The minimum Gasteiger partial charge on any atom is -0.315 e. The third kappa shape index (κ3) is 2.93. The number of nitrogens with one attached hydrogen (secondary N) is 1. The van der Waals surface area contributed by atoms with Crippen molar-refractivity contribution >= 4 is 0 Å². The third-order valence-corrected chi connectivity index (χ3v) is 4.29. The summed E-state index contributed by atoms with van der Waals surface area (Å²) in [5.74, 6) is 0. The van der Waals surface area contributed by atoms with E-state index in [1.165, 1.54) is 0 Å². The Morgan fingerprint density at radius 3 is 2.33 bits per heavy atom. The van der Waals surface area contributed by atoms with E-state index in [0.717, 1.165) is 25.0 Å². The van der Waals surface area contributed by atoms with Crippen LogP contribution in [0.3, 0.4) is 0 Å². The second-order valence-electron chi connectivity index (χ2n) is 5.23. The van der Waals surface area contributed by atoms with Gasteiger partial charge in [-0.05, 0) is 40.1 Å². The van der Waals surface area contributed by atoms with Gasteiger partial charge in [-0.25, -0.2) is 0 Å². The molecule has 4 heteroatoms. The molecule has 0 bridgehead atoms. The van der Waals surface area contributed by atoms with Gasteiger partial charge in [-0.3, -0.25) is 4.68 Å². The summed E-state index contributed by atoms with van der Waals surface area (Å²) in [6.07, 6.45) is 5.25. The molecule has 1 N–H and O–H groups in total. The molecule has 0 aromatic carbocycles. The molecule has 1 unspecified atom stereocenters. The lowest BCUT2D eigenvalue weighted by molar-refractivity contribution is 0.0913. The Balaban J connectivity index is 2.92. The molecule has 0 saturated heterocycles. The van der Waals surface area contributed by atoms with Gasteiger partial charge in [0.2, 0.25) is 0 Å². The summed E-state index contributed by atoms with van der Waals surface area (Å²) in [5.41, 5.74) is 1.34. The van der Waals surface area contributed by atoms with E-state index in [1.54, 1.807) is 0 Å². The number of likely N-dealkylation sites (N-methyl/N-ethyl adjacent to an activating group) is 2. The lowest BCUT2D eigenvalue weighted by atomic mass is 9.81. The van der Waals surface area contributed by atoms with E-state index in [2.05, 4.69) is 56.4 Å². The molecule has 0 spiro atoms. The summed E-state index contributed by atoms with van der Waals surface area (Å²) in [7, 11) is 8.37. The van der Waals surface area contributed by atoms with Crippen LogP contribution in [-0.4, -0.2) is 47.4 Å². The summed E-state index contributed by atoms with van der Waals surface area (Å²) >= 11 is 0. The second kappa shape index (κ2) is 6.34. The second-order valence-corrected chi connectivity index (χ2v) is 5.23. The van der Waals surface area contributed by atoms with E-state index in [1.807, 2.05) is 17.9 Å². The monoisotopic (exact) mass is 252 g/mol. The van der Waals surface area contributed by atoms with Gasteiger partial charge in [0.05, 0.1) is 5.69 Å². The summed E-state index contributed by atoms with van der Waals surface area (Å²) in [6.45, 7) is 4.54. The molecule has 0 saturated carbocycles. The molecule has 0 aliphatic rings. The van der Waals surface area contributed by atoms with Gasteiger partial charge in [0.25, 0.3) is 0 Å². The lowest BCUT2D eigenvalue weighted by Crippen LogP contribution is -2.58. The number of hydrogen-bond acceptors (Lipinski definition) is 3. The van der Waals surface area contributed by atoms with Crippen LogP contribution in [0.15, 0.2) is 12.3 Å². The van der Waals surface area contributed by atoms with Crippen LogP contribution >= 0.6 is 0 Å². The SMILES string of the molecule is CCC(CC)(C(Cc1ccn(C)n1)NC)N(C)C. The Bertz CT molecular complexity index is 352. The molecular weight excluding hydrogens is 224 g/mol. The Labute approximate surface area is 111 Å². The molecule has 0 radical (unpaired) electrons. The van der Waals surface area contributed by atoms with Gasteiger partial charge in [0.15, 0.2) is 0 Å². The first-order valence-corrected chi connectivity index (χ1v) is 6.83. The van der Waals surface area contributed by atoms with Gasteiger partial charge in [0.1, 0.15) is 0 Å². The van der Waals surface area contributed by atoms with Crippen molar-refractivity contribution in [2.24, 2.45) is 7.05 Å². The number of aryl methyl sites for hydroxylation is 1. The first-order valence-electron chi connectivity index (χ1n) is 6.83. The fraction of sp³-hybridized carbons (Fsp3) is 0.786. The molecule has 4 nitrogen and oxygen atoms in total. The predicted octanol–water partition coefficient (Wildman–Crippen LogP) is 1.67. The molecule has 1 rings (SSSR count). The van der Waals surface area contributed by atoms with E-state index >= 15 is 0 Å². The predicted molar refractivity (Wildman–Crippen MR) is 76.8 cm³/mol. The van der Waals surface area contributed by atoms with Crippen LogP contribution in [0, 0.1) is 0 Å². The summed E-state index contributed by atoms with van der Waals surface area (Å²) < 4.78 is 1.87. The summed E-state index contributed by atoms with van der Waals surface area (Å²) in [4.78, 5) is 2.36. The largest absolute Gasteiger partial charge is 0.315 e. The Morgan fingerprint density at radius 2 is 2.00 bits per heavy atom. The molecule has 1 aromatic heterocycles. The van der Waals surface area contributed by atoms with Crippen molar-refractivity contribution in [1.29, 1.82) is 0 Å². The number of aromatic nitrogens is 2. The fourth-order valence-electron chi connectivity index (χ4n) is 3.03. The molecule has 1 atom stereocenters. The average molecular weight is 252 g/mol. The van der Waals surface area contributed by atoms with E-state index in [9.17, 15) is 0 Å². The molecule has 0 aliphatic heterocycles. The maximum Gasteiger partial charge on any atom is 0.0640 e. The van der Waals surface area contributed by atoms with Gasteiger partial charge < -0.3 is 10.2 Å². The highest BCUT2D eigenvalue weighted by Gasteiger charge is 2.37. The molecule has 104 valence electrons. The van der Waals surface area contributed by atoms with Gasteiger partial charge >= 0.3 is 0 Å². The third-order valence-electron chi connectivity index (χ3n) is 4.29. The molecule has 0 fully saturated rings. The Kier molecular flexibility index (Phi) is 5.35. The van der Waals surface area contributed by atoms with Crippen molar-refractivity contribution < 1.29 is 0 Å². The normalized spacial score (nSPS) is 14.2. The van der Waals surface area contributed by atoms with E-state index in [0.29, 0.717) is 6.04 Å². The van der Waals surface area contributed by atoms with Crippen LogP contribution < -0.4 is 5.32 Å². The minimum atomic E-state index is 0.187. The van der Waals surface area contributed by atoms with Crippen LogP contribution in [0.4, 0.5) is 0 Å². The molecular formula is C14H28N4. The highest BCUT2D eigenvalue weighted by Crippen LogP contribution is 2.27. The minimum absolute atomic E-state index is 0.187. The quantitative estimate of drug-likeness (QED) is 0.801. The van der Waals surface area contributed by atoms with E-state index in [4.69, 9.17) is 0 Å². The van der Waals surface area contributed by atoms with Crippen molar-refractivity contribution in [3.8, 4) is 0 Å². The highest BCUT2D eigenvalue weighted by molar-refractivity contribution is 5.07. The van der Waals surface area contributed by atoms with E-state index in [-0.39, 0.29) is 5.54 Å². The maximum absolute atomic E-state index is 4.50. The van der Waals surface area contributed by atoms with Crippen molar-refractivity contribution in [3.63, 3.8) is 0 Å². The molecule has 1 heterocycles. The van der Waals surface area contributed by atoms with Crippen molar-refractivity contribution in [2.45, 2.75) is 44.7 Å². The first kappa shape index (κ1) is 15.2. The first-order chi connectivity index (χ1) is 8.50. The van der Waals surface area contributed by atoms with Crippen LogP contribution in [0.5, 0.6) is 0 Å². The molecule has 0 aliphatic carbocycles. The highest BCUT2D eigenvalue weighted by atomic mass is 15.3. The van der Waals surface area contributed by atoms with Gasteiger partial charge in [-0.15, -0.1) is 0 Å². The van der Waals surface area contributed by atoms with Gasteiger partial charge in [0, 0.05) is 31.2 Å². The van der Waals surface area contributed by atoms with Crippen LogP contribution in [-0.2, 0) is 13.5 Å². The number of rotatable bonds is 7.